The van der Waals surface area contributed by atoms with Crippen LogP contribution in [0.3, 0.4) is 0 Å². The van der Waals surface area contributed by atoms with Crippen molar-refractivity contribution in [3.8, 4) is 0 Å². The van der Waals surface area contributed by atoms with Gasteiger partial charge in [0.2, 0.25) is 0 Å². The lowest BCUT2D eigenvalue weighted by Gasteiger charge is -2.28. The third-order valence-electron chi connectivity index (χ3n) is 4.16. The zero-order chi connectivity index (χ0) is 14.7. The van der Waals surface area contributed by atoms with Crippen molar-refractivity contribution in [2.75, 3.05) is 26.2 Å². The summed E-state index contributed by atoms with van der Waals surface area (Å²) < 4.78 is 0.561. The average molecular weight is 283 g/mol. The van der Waals surface area contributed by atoms with Crippen LogP contribution in [0, 0.1) is 0 Å². The third kappa shape index (κ3) is 7.04. The van der Waals surface area contributed by atoms with E-state index in [-0.39, 0.29) is 6.54 Å². The molecule has 1 aliphatic rings. The summed E-state index contributed by atoms with van der Waals surface area (Å²) >= 11 is 0. The highest BCUT2D eigenvalue weighted by Gasteiger charge is 2.31. The van der Waals surface area contributed by atoms with E-state index in [0.717, 1.165) is 26.1 Å². The summed E-state index contributed by atoms with van der Waals surface area (Å²) in [6.07, 6.45) is 13.6. The van der Waals surface area contributed by atoms with E-state index < -0.39 is 5.97 Å². The number of hydrogen-bond donors (Lipinski definition) is 1. The van der Waals surface area contributed by atoms with E-state index in [2.05, 4.69) is 11.9 Å². The zero-order valence-electron chi connectivity index (χ0n) is 13.0. The van der Waals surface area contributed by atoms with Crippen molar-refractivity contribution < 1.29 is 14.4 Å². The number of carbonyl (C=O) groups is 1. The number of carboxylic acid groups (broad SMARTS) is 1. The molecule has 0 saturated carbocycles. The summed E-state index contributed by atoms with van der Waals surface area (Å²) in [5, 5.41) is 9.01. The molecular formula is C16H31N2O2+. The Labute approximate surface area is 123 Å². The zero-order valence-corrected chi connectivity index (χ0v) is 13.0. The number of rotatable bonds is 12. The number of nitrogens with zero attached hydrogens (tertiary/aromatic N) is 2. The van der Waals surface area contributed by atoms with E-state index in [0.29, 0.717) is 4.48 Å². The Morgan fingerprint density at radius 3 is 2.20 bits per heavy atom. The molecule has 116 valence electrons. The Morgan fingerprint density at radius 2 is 1.70 bits per heavy atom. The fraction of sp³-hybridized carbons (Fsp3) is 0.875. The van der Waals surface area contributed by atoms with Gasteiger partial charge in [0.1, 0.15) is 6.54 Å². The topological polar surface area (TPSA) is 49.7 Å². The van der Waals surface area contributed by atoms with Crippen LogP contribution in [0.4, 0.5) is 0 Å². The van der Waals surface area contributed by atoms with E-state index in [4.69, 9.17) is 5.11 Å². The Bertz CT molecular complexity index is 305. The lowest BCUT2D eigenvalue weighted by Crippen LogP contribution is -2.49. The molecule has 0 aromatic heterocycles. The average Bonchev–Trinajstić information content (AvgIpc) is 2.85. The molecule has 0 amide bonds. The summed E-state index contributed by atoms with van der Waals surface area (Å²) in [7, 11) is 0. The fourth-order valence-electron chi connectivity index (χ4n) is 2.92. The van der Waals surface area contributed by atoms with Crippen molar-refractivity contribution in [1.82, 2.24) is 0 Å². The van der Waals surface area contributed by atoms with Crippen molar-refractivity contribution >= 4 is 12.3 Å². The standard InChI is InChI=1S/C16H30N2O2/c1-2-3-4-5-6-7-8-9-10-12-18(14-16(19)20)13-11-17-15-18/h15H,2-14H2,1H3/p+1. The van der Waals surface area contributed by atoms with Crippen LogP contribution in [0.25, 0.3) is 0 Å². The molecule has 0 spiro atoms. The third-order valence-corrected chi connectivity index (χ3v) is 4.16. The van der Waals surface area contributed by atoms with E-state index in [1.165, 1.54) is 51.4 Å². The lowest BCUT2D eigenvalue weighted by atomic mass is 10.1. The van der Waals surface area contributed by atoms with E-state index in [1.807, 2.05) is 6.34 Å². The van der Waals surface area contributed by atoms with E-state index in [9.17, 15) is 4.79 Å². The van der Waals surface area contributed by atoms with Gasteiger partial charge in [0.25, 0.3) is 0 Å². The number of unbranched alkanes of at least 4 members (excludes halogenated alkanes) is 8. The lowest BCUT2D eigenvalue weighted by molar-refractivity contribution is -0.821. The highest BCUT2D eigenvalue weighted by Crippen LogP contribution is 2.14. The monoisotopic (exact) mass is 283 g/mol. The minimum absolute atomic E-state index is 0.195. The first-order chi connectivity index (χ1) is 9.68. The number of quaternary nitrogens is 1. The highest BCUT2D eigenvalue weighted by atomic mass is 16.4. The largest absolute Gasteiger partial charge is 0.477 e. The van der Waals surface area contributed by atoms with Crippen LogP contribution in [0.5, 0.6) is 0 Å². The van der Waals surface area contributed by atoms with Crippen molar-refractivity contribution in [2.24, 2.45) is 4.99 Å². The van der Waals surface area contributed by atoms with Gasteiger partial charge in [-0.1, -0.05) is 51.9 Å². The van der Waals surface area contributed by atoms with Gasteiger partial charge in [-0.05, 0) is 12.8 Å². The van der Waals surface area contributed by atoms with E-state index in [1.54, 1.807) is 0 Å². The summed E-state index contributed by atoms with van der Waals surface area (Å²) in [5.74, 6) is -0.714. The molecule has 0 saturated heterocycles. The first-order valence-corrected chi connectivity index (χ1v) is 8.27. The fourth-order valence-corrected chi connectivity index (χ4v) is 2.92. The normalized spacial score (nSPS) is 21.4. The van der Waals surface area contributed by atoms with Gasteiger partial charge in [0.05, 0.1) is 13.1 Å². The molecule has 4 nitrogen and oxygen atoms in total. The molecule has 1 atom stereocenters. The van der Waals surface area contributed by atoms with Gasteiger partial charge >= 0.3 is 5.97 Å². The van der Waals surface area contributed by atoms with Crippen LogP contribution < -0.4 is 0 Å². The van der Waals surface area contributed by atoms with Gasteiger partial charge < -0.3 is 5.11 Å². The number of carboxylic acids is 1. The Kier molecular flexibility index (Phi) is 8.51. The van der Waals surface area contributed by atoms with Gasteiger partial charge in [-0.3, -0.25) is 4.48 Å². The van der Waals surface area contributed by atoms with Crippen LogP contribution in [-0.2, 0) is 4.79 Å². The molecule has 0 fully saturated rings. The molecule has 1 unspecified atom stereocenters. The first kappa shape index (κ1) is 17.2. The Hall–Kier alpha value is -0.900. The van der Waals surface area contributed by atoms with Crippen LogP contribution in [0.15, 0.2) is 4.99 Å². The predicted octanol–water partition coefficient (Wildman–Crippen LogP) is 3.46. The second kappa shape index (κ2) is 9.92. The maximum absolute atomic E-state index is 10.9. The van der Waals surface area contributed by atoms with Crippen LogP contribution in [0.2, 0.25) is 0 Å². The molecule has 20 heavy (non-hydrogen) atoms. The minimum Gasteiger partial charge on any atom is -0.477 e. The molecule has 1 aliphatic heterocycles. The summed E-state index contributed by atoms with van der Waals surface area (Å²) in [4.78, 5) is 15.2. The molecular weight excluding hydrogens is 252 g/mol. The second-order valence-electron chi connectivity index (χ2n) is 6.07. The number of hydrogen-bond acceptors (Lipinski definition) is 2. The van der Waals surface area contributed by atoms with Gasteiger partial charge in [-0.15, -0.1) is 0 Å². The summed E-state index contributed by atoms with van der Waals surface area (Å²) in [6.45, 7) is 5.03. The Balaban J connectivity index is 2.04. The molecule has 4 heteroatoms. The smallest absolute Gasteiger partial charge is 0.359 e. The summed E-state index contributed by atoms with van der Waals surface area (Å²) in [6, 6.07) is 0. The van der Waals surface area contributed by atoms with Crippen molar-refractivity contribution in [3.05, 3.63) is 0 Å². The van der Waals surface area contributed by atoms with Gasteiger partial charge in [0, 0.05) is 0 Å². The minimum atomic E-state index is -0.714. The first-order valence-electron chi connectivity index (χ1n) is 8.27. The van der Waals surface area contributed by atoms with Gasteiger partial charge in [-0.25, -0.2) is 9.79 Å². The predicted molar refractivity (Wildman–Crippen MR) is 83.1 cm³/mol. The van der Waals surface area contributed by atoms with Crippen molar-refractivity contribution in [3.63, 3.8) is 0 Å². The molecule has 1 N–H and O–H groups in total. The number of aliphatic carboxylic acids is 1. The van der Waals surface area contributed by atoms with Gasteiger partial charge in [0.15, 0.2) is 12.9 Å². The SMILES string of the molecule is CCCCCCCCCCC[N+]1(CC(=O)O)C=NCC1. The molecule has 0 aliphatic carbocycles. The second-order valence-corrected chi connectivity index (χ2v) is 6.07. The molecule has 0 aromatic rings. The van der Waals surface area contributed by atoms with Crippen LogP contribution in [0.1, 0.15) is 64.7 Å². The quantitative estimate of drug-likeness (QED) is 0.440. The molecule has 1 rings (SSSR count). The molecule has 0 radical (unpaired) electrons. The van der Waals surface area contributed by atoms with Crippen molar-refractivity contribution in [1.29, 1.82) is 0 Å². The maximum Gasteiger partial charge on any atom is 0.359 e. The van der Waals surface area contributed by atoms with Crippen molar-refractivity contribution in [2.45, 2.75) is 64.7 Å². The van der Waals surface area contributed by atoms with E-state index >= 15 is 0 Å². The van der Waals surface area contributed by atoms with Crippen LogP contribution >= 0.6 is 0 Å². The molecule has 0 bridgehead atoms. The van der Waals surface area contributed by atoms with Crippen LogP contribution in [-0.4, -0.2) is 48.1 Å². The number of aliphatic imine (C=N–C) groups is 1. The maximum atomic E-state index is 10.9. The highest BCUT2D eigenvalue weighted by molar-refractivity contribution is 5.69. The molecule has 0 aromatic carbocycles. The van der Waals surface area contributed by atoms with Gasteiger partial charge in [-0.2, -0.15) is 0 Å². The molecule has 1 heterocycles. The summed E-state index contributed by atoms with van der Waals surface area (Å²) in [5.41, 5.74) is 0. The Morgan fingerprint density at radius 1 is 1.10 bits per heavy atom.